The van der Waals surface area contributed by atoms with E-state index in [0.29, 0.717) is 10.2 Å². The van der Waals surface area contributed by atoms with Crippen molar-refractivity contribution in [3.8, 4) is 5.75 Å². The van der Waals surface area contributed by atoms with Crippen LogP contribution in [-0.4, -0.2) is 17.5 Å². The van der Waals surface area contributed by atoms with Crippen LogP contribution in [0.2, 0.25) is 0 Å². The van der Waals surface area contributed by atoms with E-state index in [4.69, 9.17) is 4.74 Å². The molecule has 1 aromatic heterocycles. The Balaban J connectivity index is 1.97. The molecule has 21 heavy (non-hydrogen) atoms. The number of carbonyl (C=O) groups excluding carboxylic acids is 1. The molecule has 0 aliphatic rings. The van der Waals surface area contributed by atoms with Gasteiger partial charge in [0.25, 0.3) is 5.91 Å². The summed E-state index contributed by atoms with van der Waals surface area (Å²) in [7, 11) is 0. The third-order valence-electron chi connectivity index (χ3n) is 2.98. The van der Waals surface area contributed by atoms with Crippen molar-refractivity contribution in [3.05, 3.63) is 51.9 Å². The van der Waals surface area contributed by atoms with Crippen molar-refractivity contribution in [3.63, 3.8) is 0 Å². The summed E-state index contributed by atoms with van der Waals surface area (Å²) in [6, 6.07) is 6.88. The summed E-state index contributed by atoms with van der Waals surface area (Å²) in [6.07, 6.45) is 1.03. The van der Waals surface area contributed by atoms with Crippen LogP contribution >= 0.6 is 15.9 Å². The predicted octanol–water partition coefficient (Wildman–Crippen LogP) is 3.62. The number of hydrogen-bond acceptors (Lipinski definition) is 3. The van der Waals surface area contributed by atoms with Crippen molar-refractivity contribution in [1.29, 1.82) is 0 Å². The van der Waals surface area contributed by atoms with E-state index in [2.05, 4.69) is 26.2 Å². The Hall–Kier alpha value is -1.95. The highest BCUT2D eigenvalue weighted by Gasteiger charge is 2.10. The number of aromatic nitrogens is 1. The maximum absolute atomic E-state index is 12.9. The van der Waals surface area contributed by atoms with Gasteiger partial charge in [0.2, 0.25) is 0 Å². The lowest BCUT2D eigenvalue weighted by atomic mass is 10.1. The number of aryl methyl sites for hydroxylation is 1. The molecule has 4 nitrogen and oxygen atoms in total. The highest BCUT2D eigenvalue weighted by molar-refractivity contribution is 9.10. The molecule has 1 aromatic carbocycles. The molecule has 1 heterocycles. The van der Waals surface area contributed by atoms with Crippen molar-refractivity contribution in [1.82, 2.24) is 4.98 Å². The van der Waals surface area contributed by atoms with Crippen LogP contribution in [0.1, 0.15) is 11.1 Å². The molecule has 110 valence electrons. The Morgan fingerprint density at radius 1 is 1.43 bits per heavy atom. The van der Waals surface area contributed by atoms with Gasteiger partial charge in [0, 0.05) is 0 Å². The largest absolute Gasteiger partial charge is 0.483 e. The fraction of sp³-hybridized carbons (Fsp3) is 0.200. The van der Waals surface area contributed by atoms with Crippen molar-refractivity contribution >= 4 is 27.7 Å². The van der Waals surface area contributed by atoms with Crippen LogP contribution in [0, 0.1) is 19.7 Å². The summed E-state index contributed by atoms with van der Waals surface area (Å²) in [6.45, 7) is 3.76. The van der Waals surface area contributed by atoms with E-state index in [1.54, 1.807) is 0 Å². The Bertz CT molecular complexity index is 677. The molecule has 1 N–H and O–H groups in total. The van der Waals surface area contributed by atoms with Crippen LogP contribution in [0.3, 0.4) is 0 Å². The van der Waals surface area contributed by atoms with Crippen LogP contribution in [0.25, 0.3) is 0 Å². The van der Waals surface area contributed by atoms with Crippen molar-refractivity contribution < 1.29 is 13.9 Å². The quantitative estimate of drug-likeness (QED) is 0.914. The molecule has 0 aliphatic heterocycles. The Kier molecular flexibility index (Phi) is 4.90. The first kappa shape index (κ1) is 15.4. The number of anilines is 1. The number of benzene rings is 1. The third-order valence-corrected chi connectivity index (χ3v) is 3.58. The molecular weight excluding hydrogens is 339 g/mol. The number of hydrogen-bond donors (Lipinski definition) is 1. The van der Waals surface area contributed by atoms with E-state index in [0.717, 1.165) is 17.3 Å². The molecule has 0 spiro atoms. The molecule has 2 aromatic rings. The van der Waals surface area contributed by atoms with Gasteiger partial charge in [0.05, 0.1) is 10.7 Å². The monoisotopic (exact) mass is 352 g/mol. The molecule has 0 saturated carbocycles. The second-order valence-electron chi connectivity index (χ2n) is 4.52. The van der Waals surface area contributed by atoms with Crippen molar-refractivity contribution in [2.75, 3.05) is 11.9 Å². The molecule has 0 aliphatic carbocycles. The third kappa shape index (κ3) is 4.01. The van der Waals surface area contributed by atoms with E-state index in [-0.39, 0.29) is 18.3 Å². The molecule has 1 amide bonds. The minimum Gasteiger partial charge on any atom is -0.483 e. The second-order valence-corrected chi connectivity index (χ2v) is 5.37. The second kappa shape index (κ2) is 6.67. The van der Waals surface area contributed by atoms with Gasteiger partial charge in [0.1, 0.15) is 17.4 Å². The zero-order valence-corrected chi connectivity index (χ0v) is 13.2. The number of ether oxygens (including phenoxy) is 1. The summed E-state index contributed by atoms with van der Waals surface area (Å²) in [4.78, 5) is 15.6. The molecule has 0 saturated heterocycles. The van der Waals surface area contributed by atoms with Gasteiger partial charge < -0.3 is 10.1 Å². The van der Waals surface area contributed by atoms with Crippen LogP contribution in [-0.2, 0) is 4.79 Å². The number of carbonyl (C=O) groups is 1. The first-order chi connectivity index (χ1) is 9.97. The van der Waals surface area contributed by atoms with Gasteiger partial charge >= 0.3 is 0 Å². The lowest BCUT2D eigenvalue weighted by molar-refractivity contribution is -0.118. The van der Waals surface area contributed by atoms with Gasteiger partial charge in [-0.3, -0.25) is 4.79 Å². The normalized spacial score (nSPS) is 10.3. The summed E-state index contributed by atoms with van der Waals surface area (Å²) in [5.41, 5.74) is 2.09. The zero-order chi connectivity index (χ0) is 15.4. The molecule has 2 rings (SSSR count). The Morgan fingerprint density at radius 2 is 2.19 bits per heavy atom. The molecule has 6 heteroatoms. The molecule has 0 atom stereocenters. The molecule has 0 fully saturated rings. The van der Waals surface area contributed by atoms with Gasteiger partial charge in [0.15, 0.2) is 6.61 Å². The predicted molar refractivity (Wildman–Crippen MR) is 81.9 cm³/mol. The number of pyridine rings is 1. The maximum Gasteiger partial charge on any atom is 0.263 e. The number of nitrogens with zero attached hydrogens (tertiary/aromatic N) is 1. The minimum atomic E-state index is -0.480. The van der Waals surface area contributed by atoms with E-state index in [1.165, 1.54) is 6.07 Å². The Labute approximate surface area is 130 Å². The molecular formula is C15H14BrFN2O2. The topological polar surface area (TPSA) is 51.2 Å². The summed E-state index contributed by atoms with van der Waals surface area (Å²) >= 11 is 3.13. The van der Waals surface area contributed by atoms with E-state index in [1.807, 2.05) is 32.0 Å². The molecule has 0 bridgehead atoms. The highest BCUT2D eigenvalue weighted by Crippen LogP contribution is 2.22. The van der Waals surface area contributed by atoms with Gasteiger partial charge in [-0.2, -0.15) is 0 Å². The highest BCUT2D eigenvalue weighted by atomic mass is 79.9. The fourth-order valence-electron chi connectivity index (χ4n) is 1.70. The number of halogens is 2. The van der Waals surface area contributed by atoms with E-state index in [9.17, 15) is 9.18 Å². The maximum atomic E-state index is 12.9. The van der Waals surface area contributed by atoms with Gasteiger partial charge in [-0.15, -0.1) is 0 Å². The van der Waals surface area contributed by atoms with E-state index < -0.39 is 5.82 Å². The van der Waals surface area contributed by atoms with Crippen LogP contribution in [0.15, 0.2) is 34.9 Å². The smallest absolute Gasteiger partial charge is 0.263 e. The first-order valence-corrected chi connectivity index (χ1v) is 7.06. The fourth-order valence-corrected chi connectivity index (χ4v) is 2.12. The SMILES string of the molecule is Cc1cccc(OCC(=O)Nc2ncc(F)cc2Br)c1C. The molecule has 0 unspecified atom stereocenters. The van der Waals surface area contributed by atoms with Crippen molar-refractivity contribution in [2.45, 2.75) is 13.8 Å². The number of nitrogens with one attached hydrogen (secondary N) is 1. The average molecular weight is 353 g/mol. The summed E-state index contributed by atoms with van der Waals surface area (Å²) in [5, 5.41) is 2.55. The minimum absolute atomic E-state index is 0.143. The summed E-state index contributed by atoms with van der Waals surface area (Å²) < 4.78 is 18.8. The van der Waals surface area contributed by atoms with Gasteiger partial charge in [-0.25, -0.2) is 9.37 Å². The Morgan fingerprint density at radius 3 is 2.90 bits per heavy atom. The number of amides is 1. The number of rotatable bonds is 4. The van der Waals surface area contributed by atoms with Gasteiger partial charge in [-0.1, -0.05) is 12.1 Å². The standard InChI is InChI=1S/C15H14BrFN2O2/c1-9-4-3-5-13(10(9)2)21-8-14(20)19-15-12(16)6-11(17)7-18-15/h3-7H,8H2,1-2H3,(H,18,19,20). The lowest BCUT2D eigenvalue weighted by Crippen LogP contribution is -2.21. The van der Waals surface area contributed by atoms with Crippen LogP contribution in [0.4, 0.5) is 10.2 Å². The lowest BCUT2D eigenvalue weighted by Gasteiger charge is -2.11. The first-order valence-electron chi connectivity index (χ1n) is 6.27. The van der Waals surface area contributed by atoms with Crippen LogP contribution < -0.4 is 10.1 Å². The van der Waals surface area contributed by atoms with Gasteiger partial charge in [-0.05, 0) is 53.0 Å². The molecule has 0 radical (unpaired) electrons. The van der Waals surface area contributed by atoms with Crippen LogP contribution in [0.5, 0.6) is 5.75 Å². The van der Waals surface area contributed by atoms with Crippen molar-refractivity contribution in [2.24, 2.45) is 0 Å². The van der Waals surface area contributed by atoms with E-state index >= 15 is 0 Å². The summed E-state index contributed by atoms with van der Waals surface area (Å²) in [5.74, 6) is 0.0736. The average Bonchev–Trinajstić information content (AvgIpc) is 2.43. The zero-order valence-electron chi connectivity index (χ0n) is 11.6.